The minimum absolute atomic E-state index is 0.0662. The number of rotatable bonds is 9. The van der Waals surface area contributed by atoms with Crippen LogP contribution in [-0.2, 0) is 19.6 Å². The Morgan fingerprint density at radius 3 is 2.28 bits per heavy atom. The highest BCUT2D eigenvalue weighted by molar-refractivity contribution is 7.90. The quantitative estimate of drug-likeness (QED) is 0.218. The average Bonchev–Trinajstić information content (AvgIpc) is 3.03. The molecule has 0 fully saturated rings. The van der Waals surface area contributed by atoms with E-state index in [1.807, 2.05) is 31.2 Å². The molecule has 0 radical (unpaired) electrons. The van der Waals surface area contributed by atoms with Crippen LogP contribution >= 0.6 is 23.2 Å². The van der Waals surface area contributed by atoms with Gasteiger partial charge in [-0.3, -0.25) is 19.7 Å². The molecule has 1 unspecified atom stereocenters. The average molecular weight is 713 g/mol. The first-order valence-electron chi connectivity index (χ1n) is 13.4. The Balaban J connectivity index is 0.000000312. The third-order valence-corrected chi connectivity index (χ3v) is 7.90. The summed E-state index contributed by atoms with van der Waals surface area (Å²) in [7, 11) is 0.991. The van der Waals surface area contributed by atoms with Crippen molar-refractivity contribution in [1.29, 1.82) is 0 Å². The molecule has 2 aromatic carbocycles. The number of carbonyl (C=O) groups excluding carboxylic acids is 4. The second-order valence-electron chi connectivity index (χ2n) is 9.65. The number of alkyl halides is 2. The van der Waals surface area contributed by atoms with Gasteiger partial charge < -0.3 is 29.3 Å². The van der Waals surface area contributed by atoms with E-state index in [0.29, 0.717) is 18.8 Å². The van der Waals surface area contributed by atoms with Crippen LogP contribution in [0.1, 0.15) is 17.3 Å². The topological polar surface area (TPSA) is 198 Å². The van der Waals surface area contributed by atoms with E-state index < -0.39 is 31.7 Å². The summed E-state index contributed by atoms with van der Waals surface area (Å²) in [5.74, 6) is -0.410. The van der Waals surface area contributed by atoms with Crippen LogP contribution in [0.25, 0.3) is 0 Å². The molecule has 16 nitrogen and oxygen atoms in total. The molecule has 1 aromatic heterocycles. The Morgan fingerprint density at radius 1 is 1.06 bits per heavy atom. The largest absolute Gasteiger partial charge is 0.489 e. The first kappa shape index (κ1) is 36.6. The van der Waals surface area contributed by atoms with Gasteiger partial charge >= 0.3 is 6.03 Å². The number of aromatic nitrogens is 2. The molecule has 3 aromatic rings. The molecule has 0 saturated heterocycles. The van der Waals surface area contributed by atoms with Gasteiger partial charge in [0.15, 0.2) is 4.84 Å². The van der Waals surface area contributed by atoms with Gasteiger partial charge in [0.05, 0.1) is 37.6 Å². The second-order valence-corrected chi connectivity index (χ2v) is 12.4. The van der Waals surface area contributed by atoms with Crippen LogP contribution in [0.3, 0.4) is 0 Å². The Hall–Kier alpha value is -4.87. The first-order valence-corrected chi connectivity index (χ1v) is 15.8. The van der Waals surface area contributed by atoms with Crippen LogP contribution in [0, 0.1) is 0 Å². The number of nitrogens with one attached hydrogen (secondary N) is 3. The van der Waals surface area contributed by atoms with Gasteiger partial charge in [0.25, 0.3) is 21.8 Å². The molecule has 252 valence electrons. The number of amides is 5. The van der Waals surface area contributed by atoms with E-state index >= 15 is 0 Å². The number of methoxy groups -OCH3 is 2. The lowest BCUT2D eigenvalue weighted by molar-refractivity contribution is -0.117. The zero-order valence-corrected chi connectivity index (χ0v) is 28.0. The van der Waals surface area contributed by atoms with Gasteiger partial charge in [-0.05, 0) is 37.3 Å². The molecule has 3 N–H and O–H groups in total. The molecule has 2 heterocycles. The number of carbonyl (C=O) groups is 4. The lowest BCUT2D eigenvalue weighted by Gasteiger charge is -2.35. The van der Waals surface area contributed by atoms with E-state index in [0.717, 1.165) is 16.7 Å². The smallest absolute Gasteiger partial charge is 0.335 e. The maximum absolute atomic E-state index is 12.8. The van der Waals surface area contributed by atoms with Crippen LogP contribution < -0.4 is 34.5 Å². The molecular formula is C28H31Cl2N7O9S. The van der Waals surface area contributed by atoms with E-state index in [4.69, 9.17) is 37.4 Å². The summed E-state index contributed by atoms with van der Waals surface area (Å²) < 4.78 is 42.9. The normalized spacial score (nSPS) is 13.5. The van der Waals surface area contributed by atoms with Gasteiger partial charge in [-0.25, -0.2) is 17.9 Å². The number of anilines is 3. The van der Waals surface area contributed by atoms with Crippen molar-refractivity contribution in [2.24, 2.45) is 0 Å². The molecule has 0 aliphatic carbocycles. The number of ether oxygens (including phenoxy) is 3. The number of fused-ring (bicyclic) bond motifs is 1. The predicted octanol–water partition coefficient (Wildman–Crippen LogP) is 2.88. The first-order chi connectivity index (χ1) is 22.2. The minimum Gasteiger partial charge on any atom is -0.489 e. The summed E-state index contributed by atoms with van der Waals surface area (Å²) in [5, 5.41) is 4.44. The molecule has 5 amide bonds. The van der Waals surface area contributed by atoms with Crippen molar-refractivity contribution in [2.75, 3.05) is 50.5 Å². The van der Waals surface area contributed by atoms with Crippen molar-refractivity contribution in [1.82, 2.24) is 19.6 Å². The van der Waals surface area contributed by atoms with Crippen molar-refractivity contribution in [3.8, 4) is 17.5 Å². The monoisotopic (exact) mass is 711 g/mol. The van der Waals surface area contributed by atoms with E-state index in [1.54, 1.807) is 9.62 Å². The molecule has 19 heteroatoms. The van der Waals surface area contributed by atoms with E-state index in [9.17, 15) is 27.6 Å². The second kappa shape index (κ2) is 16.1. The predicted molar refractivity (Wildman–Crippen MR) is 173 cm³/mol. The Labute approximate surface area is 280 Å². The SMILES string of the molecule is CC1COc2ccccc2N1C(=O)C(Cl)Cl.COc1cc(OC)nc(NC(=O)NS(=O)(=O)c2cc(NC=O)ccc2C(=O)N(C)C)n1. The fourth-order valence-corrected chi connectivity index (χ4v) is 5.38. The molecule has 4 rings (SSSR count). The lowest BCUT2D eigenvalue weighted by atomic mass is 10.1. The van der Waals surface area contributed by atoms with Crippen molar-refractivity contribution < 1.29 is 41.8 Å². The van der Waals surface area contributed by atoms with Crippen molar-refractivity contribution >= 4 is 74.8 Å². The lowest BCUT2D eigenvalue weighted by Crippen LogP contribution is -2.47. The number of halogens is 2. The molecule has 0 saturated carbocycles. The summed E-state index contributed by atoms with van der Waals surface area (Å²) in [5.41, 5.74) is 0.616. The number of urea groups is 1. The van der Waals surface area contributed by atoms with Crippen LogP contribution in [-0.4, -0.2) is 93.3 Å². The summed E-state index contributed by atoms with van der Waals surface area (Å²) >= 11 is 11.3. The number of para-hydroxylation sites is 2. The highest BCUT2D eigenvalue weighted by Gasteiger charge is 2.32. The fourth-order valence-electron chi connectivity index (χ4n) is 4.03. The highest BCUT2D eigenvalue weighted by atomic mass is 35.5. The van der Waals surface area contributed by atoms with Gasteiger partial charge in [0.1, 0.15) is 17.3 Å². The zero-order chi connectivity index (χ0) is 34.9. The zero-order valence-electron chi connectivity index (χ0n) is 25.7. The van der Waals surface area contributed by atoms with Crippen molar-refractivity contribution in [3.63, 3.8) is 0 Å². The minimum atomic E-state index is -4.54. The van der Waals surface area contributed by atoms with Crippen LogP contribution in [0.15, 0.2) is 53.4 Å². The fraction of sp³-hybridized carbons (Fsp3) is 0.286. The third kappa shape index (κ3) is 9.34. The van der Waals surface area contributed by atoms with Crippen LogP contribution in [0.2, 0.25) is 0 Å². The number of hydrogen-bond acceptors (Lipinski definition) is 11. The number of sulfonamides is 1. The number of hydrogen-bond donors (Lipinski definition) is 3. The van der Waals surface area contributed by atoms with E-state index in [2.05, 4.69) is 20.6 Å². The summed E-state index contributed by atoms with van der Waals surface area (Å²) in [6, 6.07) is 11.0. The Morgan fingerprint density at radius 2 is 1.70 bits per heavy atom. The van der Waals surface area contributed by atoms with Crippen molar-refractivity contribution in [3.05, 3.63) is 54.1 Å². The number of nitrogens with zero attached hydrogens (tertiary/aromatic N) is 4. The molecule has 1 aliphatic heterocycles. The van der Waals surface area contributed by atoms with Gasteiger partial charge in [0, 0.05) is 19.8 Å². The van der Waals surface area contributed by atoms with Gasteiger partial charge in [-0.15, -0.1) is 0 Å². The summed E-state index contributed by atoms with van der Waals surface area (Å²) in [6.45, 7) is 2.34. The molecular weight excluding hydrogens is 681 g/mol. The van der Waals surface area contributed by atoms with Gasteiger partial charge in [-0.1, -0.05) is 35.3 Å². The summed E-state index contributed by atoms with van der Waals surface area (Å²) in [6.07, 6.45) is 0.340. The van der Waals surface area contributed by atoms with E-state index in [1.165, 1.54) is 46.5 Å². The molecule has 1 aliphatic rings. The van der Waals surface area contributed by atoms with E-state index in [-0.39, 0.29) is 40.9 Å². The standard InChI is InChI=1S/C17H20N6O7S.C11H11Cl2NO2/c1-23(2)15(25)11-6-5-10(18-9-24)7-12(11)31(27,28)22-17(26)21-16-19-13(29-3)8-14(20-16)30-4;1-7-6-16-9-5-3-2-4-8(9)14(7)11(15)10(12)13/h5-9H,1-4H3,(H,18,24)(H2,19,20,21,22,26);2-5,7,10H,6H2,1H3. The molecule has 0 bridgehead atoms. The number of benzene rings is 2. The highest BCUT2D eigenvalue weighted by Crippen LogP contribution is 2.34. The maximum atomic E-state index is 12.8. The Bertz CT molecular complexity index is 1720. The summed E-state index contributed by atoms with van der Waals surface area (Å²) in [4.78, 5) is 56.2. The third-order valence-electron chi connectivity index (χ3n) is 6.15. The van der Waals surface area contributed by atoms with Crippen LogP contribution in [0.4, 0.5) is 22.1 Å². The van der Waals surface area contributed by atoms with Crippen molar-refractivity contribution in [2.45, 2.75) is 22.7 Å². The Kier molecular flexibility index (Phi) is 12.5. The molecule has 0 spiro atoms. The van der Waals surface area contributed by atoms with Crippen LogP contribution in [0.5, 0.6) is 17.5 Å². The molecule has 1 atom stereocenters. The van der Waals surface area contributed by atoms with Gasteiger partial charge in [0.2, 0.25) is 24.1 Å². The maximum Gasteiger partial charge on any atom is 0.335 e. The molecule has 47 heavy (non-hydrogen) atoms. The van der Waals surface area contributed by atoms with Gasteiger partial charge in [-0.2, -0.15) is 9.97 Å².